The molecular formula is C16H13FO. The molecule has 0 aliphatic heterocycles. The number of halogens is 1. The van der Waals surface area contributed by atoms with Gasteiger partial charge in [0.1, 0.15) is 5.82 Å². The number of carbonyl (C=O) groups is 1. The minimum Gasteiger partial charge on any atom is -0.289 e. The van der Waals surface area contributed by atoms with E-state index in [4.69, 9.17) is 0 Å². The Morgan fingerprint density at radius 3 is 2.50 bits per heavy atom. The van der Waals surface area contributed by atoms with E-state index in [1.807, 2.05) is 19.1 Å². The number of rotatable bonds is 3. The maximum Gasteiger partial charge on any atom is 0.185 e. The lowest BCUT2D eigenvalue weighted by molar-refractivity contribution is 0.104. The minimum atomic E-state index is -0.306. The first-order valence-corrected chi connectivity index (χ1v) is 5.70. The third-order valence-corrected chi connectivity index (χ3v) is 2.61. The van der Waals surface area contributed by atoms with Gasteiger partial charge in [-0.1, -0.05) is 48.0 Å². The second kappa shape index (κ2) is 5.41. The maximum atomic E-state index is 12.9. The summed E-state index contributed by atoms with van der Waals surface area (Å²) < 4.78 is 12.9. The summed E-state index contributed by atoms with van der Waals surface area (Å²) in [5, 5.41) is 0. The predicted octanol–water partition coefficient (Wildman–Crippen LogP) is 4.03. The van der Waals surface area contributed by atoms with E-state index in [1.165, 1.54) is 18.2 Å². The minimum absolute atomic E-state index is 0.0840. The maximum absolute atomic E-state index is 12.9. The molecule has 0 bridgehead atoms. The summed E-state index contributed by atoms with van der Waals surface area (Å²) in [6.07, 6.45) is 3.07. The number of hydrogen-bond donors (Lipinski definition) is 0. The predicted molar refractivity (Wildman–Crippen MR) is 70.9 cm³/mol. The molecule has 2 aromatic carbocycles. The Labute approximate surface area is 106 Å². The van der Waals surface area contributed by atoms with Crippen LogP contribution in [0.3, 0.4) is 0 Å². The van der Waals surface area contributed by atoms with E-state index in [2.05, 4.69) is 0 Å². The Hall–Kier alpha value is -2.22. The molecule has 0 aliphatic carbocycles. The van der Waals surface area contributed by atoms with Crippen molar-refractivity contribution in [2.24, 2.45) is 0 Å². The molecule has 0 saturated carbocycles. The molecule has 0 atom stereocenters. The Balaban J connectivity index is 2.14. The van der Waals surface area contributed by atoms with Crippen molar-refractivity contribution in [2.75, 3.05) is 0 Å². The molecule has 0 heterocycles. The third kappa shape index (κ3) is 3.14. The standard InChI is InChI=1S/C16H13FO/c1-12-5-8-14(9-6-12)16(18)10-7-13-3-2-4-15(17)11-13/h2-11H,1H3. The fourth-order valence-corrected chi connectivity index (χ4v) is 1.60. The van der Waals surface area contributed by atoms with E-state index in [-0.39, 0.29) is 11.6 Å². The summed E-state index contributed by atoms with van der Waals surface area (Å²) in [6.45, 7) is 1.97. The molecule has 1 nitrogen and oxygen atoms in total. The van der Waals surface area contributed by atoms with Crippen molar-refractivity contribution in [3.05, 3.63) is 77.1 Å². The van der Waals surface area contributed by atoms with Gasteiger partial charge in [-0.3, -0.25) is 4.79 Å². The van der Waals surface area contributed by atoms with Crippen molar-refractivity contribution in [1.82, 2.24) is 0 Å². The van der Waals surface area contributed by atoms with E-state index >= 15 is 0 Å². The number of ketones is 1. The van der Waals surface area contributed by atoms with Gasteiger partial charge in [-0.15, -0.1) is 0 Å². The molecule has 90 valence electrons. The Kier molecular flexibility index (Phi) is 3.68. The summed E-state index contributed by atoms with van der Waals surface area (Å²) in [7, 11) is 0. The summed E-state index contributed by atoms with van der Waals surface area (Å²) >= 11 is 0. The highest BCUT2D eigenvalue weighted by Crippen LogP contribution is 2.08. The van der Waals surface area contributed by atoms with Gasteiger partial charge in [0.2, 0.25) is 0 Å². The Morgan fingerprint density at radius 1 is 1.11 bits per heavy atom. The lowest BCUT2D eigenvalue weighted by Crippen LogP contribution is -1.93. The number of carbonyl (C=O) groups excluding carboxylic acids is 1. The van der Waals surface area contributed by atoms with E-state index in [0.717, 1.165) is 5.56 Å². The fourth-order valence-electron chi connectivity index (χ4n) is 1.60. The zero-order valence-electron chi connectivity index (χ0n) is 10.1. The molecule has 0 saturated heterocycles. The van der Waals surface area contributed by atoms with Gasteiger partial charge in [0.25, 0.3) is 0 Å². The van der Waals surface area contributed by atoms with E-state index in [1.54, 1.807) is 30.3 Å². The molecule has 0 fully saturated rings. The molecular weight excluding hydrogens is 227 g/mol. The zero-order valence-corrected chi connectivity index (χ0v) is 10.1. The molecule has 0 N–H and O–H groups in total. The topological polar surface area (TPSA) is 17.1 Å². The first kappa shape index (κ1) is 12.2. The largest absolute Gasteiger partial charge is 0.289 e. The first-order chi connectivity index (χ1) is 8.65. The Bertz CT molecular complexity index is 582. The van der Waals surface area contributed by atoms with Crippen LogP contribution in [0.25, 0.3) is 6.08 Å². The van der Waals surface area contributed by atoms with Crippen LogP contribution < -0.4 is 0 Å². The van der Waals surface area contributed by atoms with Crippen molar-refractivity contribution in [1.29, 1.82) is 0 Å². The average molecular weight is 240 g/mol. The highest BCUT2D eigenvalue weighted by Gasteiger charge is 2.00. The number of benzene rings is 2. The molecule has 2 heteroatoms. The van der Waals surface area contributed by atoms with Gasteiger partial charge < -0.3 is 0 Å². The summed E-state index contributed by atoms with van der Waals surface area (Å²) in [6, 6.07) is 13.5. The highest BCUT2D eigenvalue weighted by molar-refractivity contribution is 6.06. The van der Waals surface area contributed by atoms with Crippen LogP contribution >= 0.6 is 0 Å². The lowest BCUT2D eigenvalue weighted by atomic mass is 10.1. The van der Waals surface area contributed by atoms with Gasteiger partial charge in [-0.05, 0) is 30.7 Å². The molecule has 0 aromatic heterocycles. The number of aryl methyl sites for hydroxylation is 1. The van der Waals surface area contributed by atoms with Crippen LogP contribution in [0.1, 0.15) is 21.5 Å². The van der Waals surface area contributed by atoms with Crippen molar-refractivity contribution >= 4 is 11.9 Å². The molecule has 0 unspecified atom stereocenters. The van der Waals surface area contributed by atoms with Crippen LogP contribution in [0, 0.1) is 12.7 Å². The second-order valence-electron chi connectivity index (χ2n) is 4.12. The van der Waals surface area contributed by atoms with Crippen molar-refractivity contribution < 1.29 is 9.18 Å². The molecule has 0 aliphatic rings. The summed E-state index contributed by atoms with van der Waals surface area (Å²) in [5.74, 6) is -0.390. The molecule has 18 heavy (non-hydrogen) atoms. The number of allylic oxidation sites excluding steroid dienone is 1. The van der Waals surface area contributed by atoms with Crippen LogP contribution in [-0.4, -0.2) is 5.78 Å². The fraction of sp³-hybridized carbons (Fsp3) is 0.0625. The van der Waals surface area contributed by atoms with Crippen molar-refractivity contribution in [3.63, 3.8) is 0 Å². The monoisotopic (exact) mass is 240 g/mol. The normalized spacial score (nSPS) is 10.8. The van der Waals surface area contributed by atoms with Crippen molar-refractivity contribution in [3.8, 4) is 0 Å². The second-order valence-corrected chi connectivity index (χ2v) is 4.12. The van der Waals surface area contributed by atoms with Gasteiger partial charge in [0.05, 0.1) is 0 Å². The molecule has 0 spiro atoms. The van der Waals surface area contributed by atoms with Crippen LogP contribution in [0.4, 0.5) is 4.39 Å². The van der Waals surface area contributed by atoms with Crippen molar-refractivity contribution in [2.45, 2.75) is 6.92 Å². The SMILES string of the molecule is Cc1ccc(C(=O)C=Cc2cccc(F)c2)cc1. The number of hydrogen-bond acceptors (Lipinski definition) is 1. The highest BCUT2D eigenvalue weighted by atomic mass is 19.1. The Morgan fingerprint density at radius 2 is 1.83 bits per heavy atom. The van der Waals surface area contributed by atoms with Gasteiger partial charge in [-0.25, -0.2) is 4.39 Å². The lowest BCUT2D eigenvalue weighted by Gasteiger charge is -1.97. The molecule has 2 aromatic rings. The third-order valence-electron chi connectivity index (χ3n) is 2.61. The molecule has 2 rings (SSSR count). The van der Waals surface area contributed by atoms with E-state index < -0.39 is 0 Å². The van der Waals surface area contributed by atoms with Crippen LogP contribution in [0.5, 0.6) is 0 Å². The summed E-state index contributed by atoms with van der Waals surface area (Å²) in [4.78, 5) is 11.8. The smallest absolute Gasteiger partial charge is 0.185 e. The van der Waals surface area contributed by atoms with Crippen LogP contribution in [0.2, 0.25) is 0 Å². The van der Waals surface area contributed by atoms with Crippen LogP contribution in [0.15, 0.2) is 54.6 Å². The molecule has 0 radical (unpaired) electrons. The molecule has 0 amide bonds. The van der Waals surface area contributed by atoms with Gasteiger partial charge in [0, 0.05) is 5.56 Å². The van der Waals surface area contributed by atoms with E-state index in [9.17, 15) is 9.18 Å². The van der Waals surface area contributed by atoms with Gasteiger partial charge in [-0.2, -0.15) is 0 Å². The average Bonchev–Trinajstić information content (AvgIpc) is 2.37. The zero-order chi connectivity index (χ0) is 13.0. The quantitative estimate of drug-likeness (QED) is 0.584. The van der Waals surface area contributed by atoms with E-state index in [0.29, 0.717) is 11.1 Å². The van der Waals surface area contributed by atoms with Gasteiger partial charge in [0.15, 0.2) is 5.78 Å². The summed E-state index contributed by atoms with van der Waals surface area (Å²) in [5.41, 5.74) is 2.42. The van der Waals surface area contributed by atoms with Gasteiger partial charge >= 0.3 is 0 Å². The first-order valence-electron chi connectivity index (χ1n) is 5.70. The van der Waals surface area contributed by atoms with Crippen LogP contribution in [-0.2, 0) is 0 Å².